The smallest absolute Gasteiger partial charge is 0.315 e. The van der Waals surface area contributed by atoms with E-state index in [9.17, 15) is 18.8 Å². The van der Waals surface area contributed by atoms with E-state index in [4.69, 9.17) is 0 Å². The van der Waals surface area contributed by atoms with Gasteiger partial charge in [-0.25, -0.2) is 9.18 Å². The number of hydrogen-bond acceptors (Lipinski definition) is 3. The van der Waals surface area contributed by atoms with Crippen molar-refractivity contribution in [2.45, 2.75) is 19.4 Å². The van der Waals surface area contributed by atoms with E-state index in [0.717, 1.165) is 17.7 Å². The number of nitrogens with zero attached hydrogens (tertiary/aromatic N) is 1. The van der Waals surface area contributed by atoms with Gasteiger partial charge in [0.25, 0.3) is 0 Å². The summed E-state index contributed by atoms with van der Waals surface area (Å²) in [4.78, 5) is 37.4. The first kappa shape index (κ1) is 19.3. The number of rotatable bonds is 6. The van der Waals surface area contributed by atoms with Crippen molar-refractivity contribution in [3.63, 3.8) is 0 Å². The van der Waals surface area contributed by atoms with Crippen LogP contribution >= 0.6 is 0 Å². The lowest BCUT2D eigenvalue weighted by Crippen LogP contribution is -2.39. The molecule has 7 nitrogen and oxygen atoms in total. The summed E-state index contributed by atoms with van der Waals surface area (Å²) in [6.45, 7) is 0.688. The summed E-state index contributed by atoms with van der Waals surface area (Å²) in [7, 11) is 0. The van der Waals surface area contributed by atoms with Crippen LogP contribution in [0.25, 0.3) is 0 Å². The third kappa shape index (κ3) is 5.29. The molecule has 146 valence electrons. The monoisotopic (exact) mass is 384 g/mol. The average Bonchev–Trinajstić information content (AvgIpc) is 3.12. The van der Waals surface area contributed by atoms with Crippen molar-refractivity contribution < 1.29 is 18.8 Å². The molecule has 0 aromatic heterocycles. The Balaban J connectivity index is 1.44. The van der Waals surface area contributed by atoms with E-state index in [0.29, 0.717) is 18.7 Å². The van der Waals surface area contributed by atoms with Crippen LogP contribution in [-0.2, 0) is 16.1 Å². The van der Waals surface area contributed by atoms with E-state index in [1.54, 1.807) is 35.2 Å². The maximum absolute atomic E-state index is 12.8. The van der Waals surface area contributed by atoms with Crippen LogP contribution in [0.1, 0.15) is 18.4 Å². The van der Waals surface area contributed by atoms with Crippen LogP contribution in [0.4, 0.5) is 20.6 Å². The standard InChI is InChI=1S/C20H21FN4O3/c21-15-8-6-14(7-9-15)12-22-20(28)23-13-18(26)24-16-3-1-4-17(11-16)25-10-2-5-19(25)27/h1,3-4,6-9,11H,2,5,10,12-13H2,(H,24,26)(H2,22,23,28). The molecule has 28 heavy (non-hydrogen) atoms. The molecule has 0 unspecified atom stereocenters. The van der Waals surface area contributed by atoms with Crippen LogP contribution in [0.5, 0.6) is 0 Å². The van der Waals surface area contributed by atoms with Crippen molar-refractivity contribution in [2.24, 2.45) is 0 Å². The number of nitrogens with one attached hydrogen (secondary N) is 3. The first-order valence-corrected chi connectivity index (χ1v) is 8.98. The van der Waals surface area contributed by atoms with Gasteiger partial charge in [0.1, 0.15) is 5.82 Å². The zero-order chi connectivity index (χ0) is 19.9. The van der Waals surface area contributed by atoms with Gasteiger partial charge in [0.05, 0.1) is 6.54 Å². The number of halogens is 1. The lowest BCUT2D eigenvalue weighted by Gasteiger charge is -2.16. The molecule has 8 heteroatoms. The molecule has 2 aromatic rings. The van der Waals surface area contributed by atoms with Crippen molar-refractivity contribution >= 4 is 29.2 Å². The largest absolute Gasteiger partial charge is 0.334 e. The number of hydrogen-bond donors (Lipinski definition) is 3. The molecule has 0 saturated carbocycles. The molecule has 0 spiro atoms. The van der Waals surface area contributed by atoms with Crippen LogP contribution in [0.3, 0.4) is 0 Å². The summed E-state index contributed by atoms with van der Waals surface area (Å²) >= 11 is 0. The minimum atomic E-state index is -0.504. The zero-order valence-corrected chi connectivity index (χ0v) is 15.2. The SMILES string of the molecule is O=C(CNC(=O)NCc1ccc(F)cc1)Nc1cccc(N2CCCC2=O)c1. The second kappa shape index (κ2) is 8.98. The van der Waals surface area contributed by atoms with Crippen molar-refractivity contribution in [2.75, 3.05) is 23.3 Å². The summed E-state index contributed by atoms with van der Waals surface area (Å²) in [6, 6.07) is 12.3. The van der Waals surface area contributed by atoms with Crippen LogP contribution in [0.15, 0.2) is 48.5 Å². The highest BCUT2D eigenvalue weighted by Gasteiger charge is 2.21. The van der Waals surface area contributed by atoms with Gasteiger partial charge in [0, 0.05) is 30.9 Å². The molecule has 1 heterocycles. The maximum Gasteiger partial charge on any atom is 0.315 e. The van der Waals surface area contributed by atoms with Crippen LogP contribution in [0.2, 0.25) is 0 Å². The van der Waals surface area contributed by atoms with Gasteiger partial charge in [-0.15, -0.1) is 0 Å². The van der Waals surface area contributed by atoms with Crippen molar-refractivity contribution in [1.29, 1.82) is 0 Å². The maximum atomic E-state index is 12.8. The molecule has 0 atom stereocenters. The number of urea groups is 1. The Morgan fingerprint density at radius 1 is 1.07 bits per heavy atom. The highest BCUT2D eigenvalue weighted by Crippen LogP contribution is 2.24. The molecular weight excluding hydrogens is 363 g/mol. The average molecular weight is 384 g/mol. The van der Waals surface area contributed by atoms with E-state index >= 15 is 0 Å². The van der Waals surface area contributed by atoms with Gasteiger partial charge >= 0.3 is 6.03 Å². The Morgan fingerprint density at radius 3 is 2.57 bits per heavy atom. The molecule has 2 aromatic carbocycles. The highest BCUT2D eigenvalue weighted by atomic mass is 19.1. The number of carbonyl (C=O) groups is 3. The highest BCUT2D eigenvalue weighted by molar-refractivity contribution is 5.97. The molecule has 1 aliphatic heterocycles. The van der Waals surface area contributed by atoms with Crippen LogP contribution < -0.4 is 20.9 Å². The van der Waals surface area contributed by atoms with E-state index < -0.39 is 6.03 Å². The van der Waals surface area contributed by atoms with E-state index in [-0.39, 0.29) is 30.7 Å². The fourth-order valence-electron chi connectivity index (χ4n) is 2.89. The van der Waals surface area contributed by atoms with Crippen molar-refractivity contribution in [3.8, 4) is 0 Å². The van der Waals surface area contributed by atoms with E-state index in [1.807, 2.05) is 6.07 Å². The predicted molar refractivity (Wildman–Crippen MR) is 103 cm³/mol. The summed E-state index contributed by atoms with van der Waals surface area (Å²) in [5.41, 5.74) is 2.04. The number of amides is 4. The number of carbonyl (C=O) groups excluding carboxylic acids is 3. The summed E-state index contributed by atoms with van der Waals surface area (Å²) in [6.07, 6.45) is 1.36. The number of anilines is 2. The van der Waals surface area contributed by atoms with Crippen LogP contribution in [-0.4, -0.2) is 30.9 Å². The Kier molecular flexibility index (Phi) is 6.21. The van der Waals surface area contributed by atoms with Gasteiger partial charge in [0.15, 0.2) is 0 Å². The lowest BCUT2D eigenvalue weighted by molar-refractivity contribution is -0.117. The van der Waals surface area contributed by atoms with E-state index in [1.165, 1.54) is 12.1 Å². The lowest BCUT2D eigenvalue weighted by atomic mass is 10.2. The molecule has 1 saturated heterocycles. The van der Waals surface area contributed by atoms with Gasteiger partial charge in [0.2, 0.25) is 11.8 Å². The fourth-order valence-corrected chi connectivity index (χ4v) is 2.89. The topological polar surface area (TPSA) is 90.5 Å². The number of benzene rings is 2. The second-order valence-corrected chi connectivity index (χ2v) is 6.41. The zero-order valence-electron chi connectivity index (χ0n) is 15.2. The molecule has 0 radical (unpaired) electrons. The third-order valence-electron chi connectivity index (χ3n) is 4.29. The first-order chi connectivity index (χ1) is 13.5. The molecule has 1 aliphatic rings. The second-order valence-electron chi connectivity index (χ2n) is 6.41. The molecule has 0 aliphatic carbocycles. The minimum absolute atomic E-state index is 0.0722. The molecular formula is C20H21FN4O3. The first-order valence-electron chi connectivity index (χ1n) is 8.98. The third-order valence-corrected chi connectivity index (χ3v) is 4.29. The molecule has 4 amide bonds. The van der Waals surface area contributed by atoms with Gasteiger partial charge in [-0.3, -0.25) is 9.59 Å². The molecule has 3 N–H and O–H groups in total. The quantitative estimate of drug-likeness (QED) is 0.714. The van der Waals surface area contributed by atoms with E-state index in [2.05, 4.69) is 16.0 Å². The molecule has 0 bridgehead atoms. The summed E-state index contributed by atoms with van der Waals surface area (Å²) in [5.74, 6) is -0.659. The molecule has 1 fully saturated rings. The van der Waals surface area contributed by atoms with Gasteiger partial charge in [-0.05, 0) is 42.3 Å². The fraction of sp³-hybridized carbons (Fsp3) is 0.250. The summed E-state index contributed by atoms with van der Waals surface area (Å²) in [5, 5.41) is 7.75. The Hall–Kier alpha value is -3.42. The minimum Gasteiger partial charge on any atom is -0.334 e. The van der Waals surface area contributed by atoms with Gasteiger partial charge in [-0.1, -0.05) is 18.2 Å². The normalized spacial score (nSPS) is 13.3. The van der Waals surface area contributed by atoms with Gasteiger partial charge < -0.3 is 20.9 Å². The van der Waals surface area contributed by atoms with Crippen LogP contribution in [0, 0.1) is 5.82 Å². The predicted octanol–water partition coefficient (Wildman–Crippen LogP) is 2.39. The van der Waals surface area contributed by atoms with Crippen molar-refractivity contribution in [3.05, 3.63) is 59.9 Å². The Bertz CT molecular complexity index is 870. The molecule has 3 rings (SSSR count). The van der Waals surface area contributed by atoms with Gasteiger partial charge in [-0.2, -0.15) is 0 Å². The Labute approximate surface area is 161 Å². The Morgan fingerprint density at radius 2 is 1.86 bits per heavy atom. The summed E-state index contributed by atoms with van der Waals surface area (Å²) < 4.78 is 12.8. The van der Waals surface area contributed by atoms with Crippen molar-refractivity contribution in [1.82, 2.24) is 10.6 Å².